The Hall–Kier alpha value is -2.30. The van der Waals surface area contributed by atoms with Crippen LogP contribution in [0, 0.1) is 0 Å². The molecule has 0 aliphatic rings. The van der Waals surface area contributed by atoms with E-state index in [1.54, 1.807) is 18.2 Å². The Labute approximate surface area is 92.4 Å². The zero-order valence-corrected chi connectivity index (χ0v) is 8.51. The number of benzene rings is 1. The van der Waals surface area contributed by atoms with Gasteiger partial charge in [0.2, 0.25) is 5.91 Å². The van der Waals surface area contributed by atoms with E-state index in [9.17, 15) is 9.59 Å². The van der Waals surface area contributed by atoms with E-state index in [0.717, 1.165) is 0 Å². The lowest BCUT2D eigenvalue weighted by molar-refractivity contribution is -0.117. The Bertz CT molecular complexity index is 453. The van der Waals surface area contributed by atoms with Gasteiger partial charge in [-0.05, 0) is 17.7 Å². The fourth-order valence-electron chi connectivity index (χ4n) is 1.17. The highest BCUT2D eigenvalue weighted by molar-refractivity contribution is 5.94. The minimum atomic E-state index is -1.08. The van der Waals surface area contributed by atoms with Crippen LogP contribution in [0.4, 0.5) is 5.69 Å². The molecule has 0 heterocycles. The van der Waals surface area contributed by atoms with Crippen LogP contribution in [-0.4, -0.2) is 17.0 Å². The minimum absolute atomic E-state index is 0.0428. The molecule has 16 heavy (non-hydrogen) atoms. The monoisotopic (exact) mass is 220 g/mol. The van der Waals surface area contributed by atoms with Gasteiger partial charge in [-0.3, -0.25) is 4.79 Å². The number of hydrogen-bond acceptors (Lipinski definition) is 3. The van der Waals surface area contributed by atoms with Crippen LogP contribution in [0.15, 0.2) is 24.3 Å². The van der Waals surface area contributed by atoms with Crippen LogP contribution in [-0.2, 0) is 4.79 Å². The Kier molecular flexibility index (Phi) is 3.66. The molecule has 84 valence electrons. The molecule has 0 saturated heterocycles. The van der Waals surface area contributed by atoms with Crippen LogP contribution in [0.1, 0.15) is 22.3 Å². The zero-order chi connectivity index (χ0) is 12.1. The van der Waals surface area contributed by atoms with Crippen molar-refractivity contribution in [1.29, 1.82) is 0 Å². The summed E-state index contributed by atoms with van der Waals surface area (Å²) in [7, 11) is 0. The van der Waals surface area contributed by atoms with Crippen molar-refractivity contribution in [2.75, 3.05) is 5.73 Å². The van der Waals surface area contributed by atoms with E-state index in [2.05, 4.69) is 0 Å². The highest BCUT2D eigenvalue weighted by Crippen LogP contribution is 2.15. The smallest absolute Gasteiger partial charge is 0.337 e. The number of carboxylic acid groups (broad SMARTS) is 1. The zero-order valence-electron chi connectivity index (χ0n) is 8.51. The predicted octanol–water partition coefficient (Wildman–Crippen LogP) is 0.856. The summed E-state index contributed by atoms with van der Waals surface area (Å²) in [5, 5.41) is 8.83. The summed E-state index contributed by atoms with van der Waals surface area (Å²) in [4.78, 5) is 21.3. The van der Waals surface area contributed by atoms with Gasteiger partial charge in [-0.1, -0.05) is 18.2 Å². The third kappa shape index (κ3) is 3.13. The summed E-state index contributed by atoms with van der Waals surface area (Å²) in [5.41, 5.74) is 11.4. The molecule has 1 aromatic carbocycles. The van der Waals surface area contributed by atoms with Crippen LogP contribution >= 0.6 is 0 Å². The van der Waals surface area contributed by atoms with E-state index in [0.29, 0.717) is 5.56 Å². The Morgan fingerprint density at radius 1 is 1.38 bits per heavy atom. The summed E-state index contributed by atoms with van der Waals surface area (Å²) in [5.74, 6) is -1.52. The van der Waals surface area contributed by atoms with Gasteiger partial charge in [0.25, 0.3) is 0 Å². The van der Waals surface area contributed by atoms with E-state index in [1.165, 1.54) is 12.1 Å². The summed E-state index contributed by atoms with van der Waals surface area (Å²) in [6, 6.07) is 4.61. The molecule has 0 bridgehead atoms. The number of primary amides is 1. The fraction of sp³-hybridized carbons (Fsp3) is 0.0909. The summed E-state index contributed by atoms with van der Waals surface area (Å²) in [6.45, 7) is 0. The molecule has 1 amide bonds. The number of amides is 1. The number of anilines is 1. The molecule has 0 spiro atoms. The molecule has 0 fully saturated rings. The summed E-state index contributed by atoms with van der Waals surface area (Å²) >= 11 is 0. The molecule has 0 aliphatic carbocycles. The van der Waals surface area contributed by atoms with Crippen LogP contribution in [0.2, 0.25) is 0 Å². The van der Waals surface area contributed by atoms with Crippen molar-refractivity contribution in [3.63, 3.8) is 0 Å². The number of nitrogens with two attached hydrogens (primary N) is 2. The van der Waals surface area contributed by atoms with E-state index >= 15 is 0 Å². The lowest BCUT2D eigenvalue weighted by atomic mass is 10.1. The van der Waals surface area contributed by atoms with Gasteiger partial charge >= 0.3 is 5.97 Å². The Balaban J connectivity index is 2.91. The molecule has 0 saturated carbocycles. The lowest BCUT2D eigenvalue weighted by Crippen LogP contribution is -2.07. The van der Waals surface area contributed by atoms with Gasteiger partial charge < -0.3 is 16.6 Å². The van der Waals surface area contributed by atoms with Crippen LogP contribution in [0.3, 0.4) is 0 Å². The van der Waals surface area contributed by atoms with Crippen LogP contribution in [0.25, 0.3) is 6.08 Å². The SMILES string of the molecule is NC(=O)CC=Cc1ccc(N)c(C(=O)O)c1. The maximum Gasteiger partial charge on any atom is 0.337 e. The number of nitrogen functional groups attached to an aromatic ring is 1. The fourth-order valence-corrected chi connectivity index (χ4v) is 1.17. The number of hydrogen-bond donors (Lipinski definition) is 3. The molecule has 0 radical (unpaired) electrons. The second kappa shape index (κ2) is 4.97. The number of carbonyl (C=O) groups is 2. The highest BCUT2D eigenvalue weighted by Gasteiger charge is 2.07. The van der Waals surface area contributed by atoms with Gasteiger partial charge in [-0.25, -0.2) is 4.79 Å². The third-order valence-corrected chi connectivity index (χ3v) is 1.94. The molecule has 0 unspecified atom stereocenters. The van der Waals surface area contributed by atoms with Crippen molar-refractivity contribution in [2.24, 2.45) is 5.73 Å². The van der Waals surface area contributed by atoms with Crippen molar-refractivity contribution < 1.29 is 14.7 Å². The number of carbonyl (C=O) groups excluding carboxylic acids is 1. The van der Waals surface area contributed by atoms with Gasteiger partial charge in [0.05, 0.1) is 5.56 Å². The van der Waals surface area contributed by atoms with Gasteiger partial charge in [0, 0.05) is 12.1 Å². The molecule has 5 heteroatoms. The Morgan fingerprint density at radius 3 is 2.62 bits per heavy atom. The van der Waals surface area contributed by atoms with E-state index in [-0.39, 0.29) is 17.7 Å². The van der Waals surface area contributed by atoms with E-state index in [4.69, 9.17) is 16.6 Å². The standard InChI is InChI=1S/C11H12N2O3/c12-9-5-4-7(2-1-3-10(13)14)6-8(9)11(15)16/h1-2,4-6H,3,12H2,(H2,13,14)(H,15,16). The molecular weight excluding hydrogens is 208 g/mol. The molecule has 0 aliphatic heterocycles. The molecule has 1 aromatic rings. The Morgan fingerprint density at radius 2 is 2.06 bits per heavy atom. The first-order chi connectivity index (χ1) is 7.50. The van der Waals surface area contributed by atoms with Crippen molar-refractivity contribution in [3.8, 4) is 0 Å². The van der Waals surface area contributed by atoms with Crippen molar-refractivity contribution in [2.45, 2.75) is 6.42 Å². The quantitative estimate of drug-likeness (QED) is 0.654. The third-order valence-electron chi connectivity index (χ3n) is 1.94. The van der Waals surface area contributed by atoms with Gasteiger partial charge in [-0.2, -0.15) is 0 Å². The predicted molar refractivity (Wildman–Crippen MR) is 60.7 cm³/mol. The van der Waals surface area contributed by atoms with Crippen LogP contribution in [0.5, 0.6) is 0 Å². The molecule has 5 nitrogen and oxygen atoms in total. The summed E-state index contributed by atoms with van der Waals surface area (Å²) < 4.78 is 0. The first kappa shape index (κ1) is 11.8. The summed E-state index contributed by atoms with van der Waals surface area (Å²) in [6.07, 6.45) is 3.31. The average molecular weight is 220 g/mol. The second-order valence-corrected chi connectivity index (χ2v) is 3.22. The van der Waals surface area contributed by atoms with Crippen molar-refractivity contribution in [1.82, 2.24) is 0 Å². The normalized spacial score (nSPS) is 10.5. The van der Waals surface area contributed by atoms with Crippen molar-refractivity contribution in [3.05, 3.63) is 35.4 Å². The second-order valence-electron chi connectivity index (χ2n) is 3.22. The van der Waals surface area contributed by atoms with Crippen molar-refractivity contribution >= 4 is 23.6 Å². The molecule has 0 atom stereocenters. The number of rotatable bonds is 4. The first-order valence-corrected chi connectivity index (χ1v) is 4.58. The minimum Gasteiger partial charge on any atom is -0.478 e. The van der Waals surface area contributed by atoms with E-state index < -0.39 is 11.9 Å². The molecule has 1 rings (SSSR count). The largest absolute Gasteiger partial charge is 0.478 e. The van der Waals surface area contributed by atoms with E-state index in [1.807, 2.05) is 0 Å². The number of carboxylic acids is 1. The molecular formula is C11H12N2O3. The highest BCUT2D eigenvalue weighted by atomic mass is 16.4. The maximum atomic E-state index is 10.8. The van der Waals surface area contributed by atoms with Gasteiger partial charge in [-0.15, -0.1) is 0 Å². The molecule has 5 N–H and O–H groups in total. The average Bonchev–Trinajstić information content (AvgIpc) is 2.19. The topological polar surface area (TPSA) is 106 Å². The lowest BCUT2D eigenvalue weighted by Gasteiger charge is -2.01. The first-order valence-electron chi connectivity index (χ1n) is 4.58. The number of aromatic carboxylic acids is 1. The van der Waals surface area contributed by atoms with Gasteiger partial charge in [0.15, 0.2) is 0 Å². The maximum absolute atomic E-state index is 10.8. The van der Waals surface area contributed by atoms with Gasteiger partial charge in [0.1, 0.15) is 0 Å². The molecule has 0 aromatic heterocycles. The van der Waals surface area contributed by atoms with Crippen LogP contribution < -0.4 is 11.5 Å².